The van der Waals surface area contributed by atoms with Crippen LogP contribution in [0.1, 0.15) is 13.3 Å². The van der Waals surface area contributed by atoms with Crippen LogP contribution in [0.4, 0.5) is 0 Å². The molecule has 2 aliphatic heterocycles. The highest BCUT2D eigenvalue weighted by Gasteiger charge is 2.33. The molecular formula is C11H19N3O3. The van der Waals surface area contributed by atoms with E-state index in [4.69, 9.17) is 4.74 Å². The number of carbonyl (C=O) groups excluding carboxylic acids is 2. The number of rotatable bonds is 3. The molecule has 2 aliphatic rings. The van der Waals surface area contributed by atoms with Crippen LogP contribution in [0.3, 0.4) is 0 Å². The summed E-state index contributed by atoms with van der Waals surface area (Å²) in [4.78, 5) is 24.8. The Hall–Kier alpha value is -1.14. The summed E-state index contributed by atoms with van der Waals surface area (Å²) < 4.78 is 5.57. The van der Waals surface area contributed by atoms with Gasteiger partial charge in [0.2, 0.25) is 11.8 Å². The molecule has 0 atom stereocenters. The molecule has 6 nitrogen and oxygen atoms in total. The summed E-state index contributed by atoms with van der Waals surface area (Å²) in [5.74, 6) is -0.192. The standard InChI is InChI=1S/C11H19N3O3/c1-11(7-12-8-11)17-6-10(16)14-4-2-3-13-9(15)5-14/h12H,2-8H2,1H3,(H,13,15). The Morgan fingerprint density at radius 3 is 2.94 bits per heavy atom. The minimum Gasteiger partial charge on any atom is -0.363 e. The minimum absolute atomic E-state index is 0.0610. The van der Waals surface area contributed by atoms with Gasteiger partial charge >= 0.3 is 0 Å². The highest BCUT2D eigenvalue weighted by Crippen LogP contribution is 2.15. The van der Waals surface area contributed by atoms with E-state index >= 15 is 0 Å². The van der Waals surface area contributed by atoms with Gasteiger partial charge in [0.1, 0.15) is 6.61 Å². The fourth-order valence-electron chi connectivity index (χ4n) is 1.93. The first-order valence-electron chi connectivity index (χ1n) is 5.98. The van der Waals surface area contributed by atoms with Crippen molar-refractivity contribution >= 4 is 11.8 Å². The van der Waals surface area contributed by atoms with Gasteiger partial charge in [0.25, 0.3) is 0 Å². The number of nitrogens with zero attached hydrogens (tertiary/aromatic N) is 1. The molecule has 0 aliphatic carbocycles. The number of carbonyl (C=O) groups is 2. The molecule has 0 spiro atoms. The van der Waals surface area contributed by atoms with Crippen LogP contribution in [0, 0.1) is 0 Å². The van der Waals surface area contributed by atoms with Gasteiger partial charge in [0.15, 0.2) is 0 Å². The summed E-state index contributed by atoms with van der Waals surface area (Å²) in [6.07, 6.45) is 0.802. The molecule has 2 saturated heterocycles. The summed E-state index contributed by atoms with van der Waals surface area (Å²) in [5.41, 5.74) is -0.218. The van der Waals surface area contributed by atoms with Crippen molar-refractivity contribution < 1.29 is 14.3 Å². The average Bonchev–Trinajstić information content (AvgIpc) is 2.48. The molecule has 2 amide bonds. The highest BCUT2D eigenvalue weighted by atomic mass is 16.5. The number of hydrogen-bond acceptors (Lipinski definition) is 4. The fourth-order valence-corrected chi connectivity index (χ4v) is 1.93. The fraction of sp³-hybridized carbons (Fsp3) is 0.818. The van der Waals surface area contributed by atoms with E-state index in [-0.39, 0.29) is 30.6 Å². The van der Waals surface area contributed by atoms with Gasteiger partial charge in [-0.2, -0.15) is 0 Å². The van der Waals surface area contributed by atoms with E-state index in [2.05, 4.69) is 10.6 Å². The first-order valence-corrected chi connectivity index (χ1v) is 5.98. The van der Waals surface area contributed by atoms with Crippen LogP contribution in [0.2, 0.25) is 0 Å². The zero-order valence-electron chi connectivity index (χ0n) is 10.1. The van der Waals surface area contributed by atoms with E-state index in [1.165, 1.54) is 0 Å². The van der Waals surface area contributed by atoms with Crippen molar-refractivity contribution in [3.05, 3.63) is 0 Å². The van der Waals surface area contributed by atoms with Gasteiger partial charge in [-0.3, -0.25) is 9.59 Å². The van der Waals surface area contributed by atoms with Gasteiger partial charge in [0, 0.05) is 26.2 Å². The van der Waals surface area contributed by atoms with E-state index in [9.17, 15) is 9.59 Å². The van der Waals surface area contributed by atoms with Crippen LogP contribution >= 0.6 is 0 Å². The molecule has 0 aromatic carbocycles. The van der Waals surface area contributed by atoms with Crippen molar-refractivity contribution in [2.24, 2.45) is 0 Å². The van der Waals surface area contributed by atoms with Gasteiger partial charge in [0.05, 0.1) is 12.1 Å². The highest BCUT2D eigenvalue weighted by molar-refractivity contribution is 5.85. The van der Waals surface area contributed by atoms with Gasteiger partial charge in [-0.05, 0) is 13.3 Å². The second-order valence-corrected chi connectivity index (χ2v) is 4.86. The van der Waals surface area contributed by atoms with Crippen LogP contribution in [0.15, 0.2) is 0 Å². The monoisotopic (exact) mass is 241 g/mol. The molecule has 2 fully saturated rings. The molecule has 0 bridgehead atoms. The Kier molecular flexibility index (Phi) is 3.63. The molecule has 0 saturated carbocycles. The van der Waals surface area contributed by atoms with Crippen LogP contribution in [-0.2, 0) is 14.3 Å². The van der Waals surface area contributed by atoms with Crippen molar-refractivity contribution in [2.45, 2.75) is 18.9 Å². The van der Waals surface area contributed by atoms with E-state index in [1.54, 1.807) is 4.90 Å². The first-order chi connectivity index (χ1) is 8.09. The lowest BCUT2D eigenvalue weighted by Crippen LogP contribution is -2.59. The first kappa shape index (κ1) is 12.3. The second-order valence-electron chi connectivity index (χ2n) is 4.86. The Morgan fingerprint density at radius 2 is 2.29 bits per heavy atom. The molecule has 96 valence electrons. The molecule has 17 heavy (non-hydrogen) atoms. The Labute approximate surface area is 101 Å². The molecule has 2 heterocycles. The maximum atomic E-state index is 11.9. The second kappa shape index (κ2) is 5.01. The number of amides is 2. The summed E-state index contributed by atoms with van der Waals surface area (Å²) in [6.45, 7) is 5.01. The lowest BCUT2D eigenvalue weighted by atomic mass is 10.0. The van der Waals surface area contributed by atoms with Gasteiger partial charge < -0.3 is 20.3 Å². The van der Waals surface area contributed by atoms with Crippen molar-refractivity contribution in [2.75, 3.05) is 39.3 Å². The summed E-state index contributed by atoms with van der Waals surface area (Å²) in [6, 6.07) is 0. The molecule has 2 rings (SSSR count). The van der Waals surface area contributed by atoms with Crippen LogP contribution in [-0.4, -0.2) is 61.6 Å². The predicted molar refractivity (Wildman–Crippen MR) is 61.4 cm³/mol. The molecular weight excluding hydrogens is 222 g/mol. The third-order valence-corrected chi connectivity index (χ3v) is 3.16. The van der Waals surface area contributed by atoms with Gasteiger partial charge in [-0.15, -0.1) is 0 Å². The van der Waals surface area contributed by atoms with E-state index in [0.717, 1.165) is 19.5 Å². The molecule has 0 unspecified atom stereocenters. The molecule has 0 radical (unpaired) electrons. The van der Waals surface area contributed by atoms with Crippen molar-refractivity contribution in [1.29, 1.82) is 0 Å². The zero-order chi connectivity index (χ0) is 12.3. The quantitative estimate of drug-likeness (QED) is 0.645. The Morgan fingerprint density at radius 1 is 1.53 bits per heavy atom. The van der Waals surface area contributed by atoms with Crippen molar-refractivity contribution in [1.82, 2.24) is 15.5 Å². The normalized spacial score (nSPS) is 23.6. The summed E-state index contributed by atoms with van der Waals surface area (Å²) in [7, 11) is 0. The van der Waals surface area contributed by atoms with Gasteiger partial charge in [-0.1, -0.05) is 0 Å². The Bertz CT molecular complexity index is 315. The number of hydrogen-bond donors (Lipinski definition) is 2. The van der Waals surface area contributed by atoms with Crippen molar-refractivity contribution in [3.8, 4) is 0 Å². The lowest BCUT2D eigenvalue weighted by molar-refractivity contribution is -0.147. The smallest absolute Gasteiger partial charge is 0.249 e. The number of nitrogens with one attached hydrogen (secondary N) is 2. The maximum absolute atomic E-state index is 11.9. The van der Waals surface area contributed by atoms with E-state index in [0.29, 0.717) is 13.1 Å². The SMILES string of the molecule is CC1(OCC(=O)N2CCCNC(=O)C2)CNC1. The molecule has 6 heteroatoms. The van der Waals surface area contributed by atoms with Crippen LogP contribution in [0.25, 0.3) is 0 Å². The minimum atomic E-state index is -0.218. The average molecular weight is 241 g/mol. The molecule has 2 N–H and O–H groups in total. The topological polar surface area (TPSA) is 70.7 Å². The van der Waals surface area contributed by atoms with Crippen LogP contribution in [0.5, 0.6) is 0 Å². The third-order valence-electron chi connectivity index (χ3n) is 3.16. The largest absolute Gasteiger partial charge is 0.363 e. The lowest BCUT2D eigenvalue weighted by Gasteiger charge is -2.39. The van der Waals surface area contributed by atoms with Gasteiger partial charge in [-0.25, -0.2) is 0 Å². The summed E-state index contributed by atoms with van der Waals surface area (Å²) in [5, 5.41) is 5.85. The maximum Gasteiger partial charge on any atom is 0.249 e. The molecule has 0 aromatic rings. The predicted octanol–water partition coefficient (Wildman–Crippen LogP) is -1.29. The molecule has 0 aromatic heterocycles. The van der Waals surface area contributed by atoms with E-state index in [1.807, 2.05) is 6.92 Å². The zero-order valence-corrected chi connectivity index (χ0v) is 10.1. The Balaban J connectivity index is 1.79. The van der Waals surface area contributed by atoms with Crippen molar-refractivity contribution in [3.63, 3.8) is 0 Å². The number of ether oxygens (including phenoxy) is 1. The van der Waals surface area contributed by atoms with Crippen LogP contribution < -0.4 is 10.6 Å². The summed E-state index contributed by atoms with van der Waals surface area (Å²) >= 11 is 0. The third kappa shape index (κ3) is 3.17. The van der Waals surface area contributed by atoms with E-state index < -0.39 is 0 Å².